The summed E-state index contributed by atoms with van der Waals surface area (Å²) in [5, 5.41) is 8.84. The number of hydrogen-bond donors (Lipinski definition) is 1. The first-order valence-corrected chi connectivity index (χ1v) is 7.32. The second kappa shape index (κ2) is 6.91. The second-order valence-electron chi connectivity index (χ2n) is 5.95. The molecule has 0 saturated carbocycles. The molecule has 2 atom stereocenters. The van der Waals surface area contributed by atoms with Gasteiger partial charge in [0.05, 0.1) is 5.56 Å². The largest absolute Gasteiger partial charge is 0.492 e. The molecule has 1 heterocycles. The van der Waals surface area contributed by atoms with Crippen molar-refractivity contribution < 1.29 is 14.6 Å². The molecule has 0 aliphatic carbocycles. The van der Waals surface area contributed by atoms with Gasteiger partial charge in [0.1, 0.15) is 12.4 Å². The van der Waals surface area contributed by atoms with E-state index in [0.29, 0.717) is 18.6 Å². The van der Waals surface area contributed by atoms with Crippen LogP contribution in [0.3, 0.4) is 0 Å². The summed E-state index contributed by atoms with van der Waals surface area (Å²) in [4.78, 5) is 15.5. The number of aromatic carboxylic acids is 1. The Balaban J connectivity index is 1.76. The number of likely N-dealkylation sites (N-methyl/N-ethyl adjacent to an activating group) is 1. The average Bonchev–Trinajstić information content (AvgIpc) is 2.80. The van der Waals surface area contributed by atoms with Crippen molar-refractivity contribution in [3.8, 4) is 5.75 Å². The average molecular weight is 292 g/mol. The van der Waals surface area contributed by atoms with Gasteiger partial charge in [0.15, 0.2) is 0 Å². The summed E-state index contributed by atoms with van der Waals surface area (Å²) in [6.45, 7) is 5.99. The van der Waals surface area contributed by atoms with Gasteiger partial charge in [-0.3, -0.25) is 4.90 Å². The smallest absolute Gasteiger partial charge is 0.335 e. The zero-order valence-corrected chi connectivity index (χ0v) is 13.0. The summed E-state index contributed by atoms with van der Waals surface area (Å²) >= 11 is 0. The molecule has 2 unspecified atom stereocenters. The quantitative estimate of drug-likeness (QED) is 0.864. The molecule has 5 heteroatoms. The molecule has 0 radical (unpaired) electrons. The fourth-order valence-electron chi connectivity index (χ4n) is 2.89. The van der Waals surface area contributed by atoms with Gasteiger partial charge < -0.3 is 14.7 Å². The minimum atomic E-state index is -0.915. The third-order valence-corrected chi connectivity index (χ3v) is 4.09. The molecule has 1 aromatic carbocycles. The molecular weight excluding hydrogens is 268 g/mol. The Labute approximate surface area is 126 Å². The lowest BCUT2D eigenvalue weighted by Crippen LogP contribution is -2.35. The molecule has 0 bridgehead atoms. The minimum absolute atomic E-state index is 0.282. The molecule has 116 valence electrons. The Morgan fingerprint density at radius 1 is 1.33 bits per heavy atom. The van der Waals surface area contributed by atoms with Gasteiger partial charge in [-0.2, -0.15) is 0 Å². The maximum absolute atomic E-state index is 10.8. The predicted octanol–water partition coefficient (Wildman–Crippen LogP) is 1.65. The number of nitrogens with zero attached hydrogens (tertiary/aromatic N) is 2. The van der Waals surface area contributed by atoms with Gasteiger partial charge in [-0.15, -0.1) is 0 Å². The van der Waals surface area contributed by atoms with Crippen LogP contribution in [0.25, 0.3) is 0 Å². The van der Waals surface area contributed by atoms with Crippen LogP contribution in [0.15, 0.2) is 24.3 Å². The molecule has 21 heavy (non-hydrogen) atoms. The van der Waals surface area contributed by atoms with Crippen molar-refractivity contribution in [2.45, 2.75) is 13.0 Å². The van der Waals surface area contributed by atoms with Crippen LogP contribution in [0.2, 0.25) is 0 Å². The summed E-state index contributed by atoms with van der Waals surface area (Å²) in [5.41, 5.74) is 0.282. The van der Waals surface area contributed by atoms with Crippen LogP contribution >= 0.6 is 0 Å². The van der Waals surface area contributed by atoms with Gasteiger partial charge >= 0.3 is 5.97 Å². The molecule has 1 N–H and O–H groups in total. The predicted molar refractivity (Wildman–Crippen MR) is 82.0 cm³/mol. The number of carbonyl (C=O) groups is 1. The van der Waals surface area contributed by atoms with Crippen LogP contribution in [0.1, 0.15) is 17.3 Å². The first-order valence-electron chi connectivity index (χ1n) is 7.32. The third kappa shape index (κ3) is 4.19. The Morgan fingerprint density at radius 2 is 2.00 bits per heavy atom. The SMILES string of the molecule is CC1CN(CCOc2ccc(C(=O)O)cc2)CC1N(C)C. The lowest BCUT2D eigenvalue weighted by Gasteiger charge is -2.22. The van der Waals surface area contributed by atoms with E-state index >= 15 is 0 Å². The number of benzene rings is 1. The Bertz CT molecular complexity index is 473. The molecule has 1 aliphatic heterocycles. The van der Waals surface area contributed by atoms with Crippen LogP contribution in [0, 0.1) is 5.92 Å². The normalized spacial score (nSPS) is 22.7. The fraction of sp³-hybridized carbons (Fsp3) is 0.562. The monoisotopic (exact) mass is 292 g/mol. The summed E-state index contributed by atoms with van der Waals surface area (Å²) in [6, 6.07) is 7.16. The Morgan fingerprint density at radius 3 is 2.52 bits per heavy atom. The maximum Gasteiger partial charge on any atom is 0.335 e. The van der Waals surface area contributed by atoms with E-state index in [1.54, 1.807) is 24.3 Å². The number of hydrogen-bond acceptors (Lipinski definition) is 4. The number of carboxylic acid groups (broad SMARTS) is 1. The van der Waals surface area contributed by atoms with Crippen LogP contribution in [-0.4, -0.2) is 67.3 Å². The second-order valence-corrected chi connectivity index (χ2v) is 5.95. The van der Waals surface area contributed by atoms with Crippen LogP contribution < -0.4 is 4.74 Å². The molecule has 1 fully saturated rings. The Kier molecular flexibility index (Phi) is 5.20. The highest BCUT2D eigenvalue weighted by Crippen LogP contribution is 2.19. The number of ether oxygens (including phenoxy) is 1. The molecule has 1 aromatic rings. The molecule has 1 saturated heterocycles. The van der Waals surface area contributed by atoms with E-state index in [1.807, 2.05) is 0 Å². The van der Waals surface area contributed by atoms with E-state index in [4.69, 9.17) is 9.84 Å². The zero-order valence-electron chi connectivity index (χ0n) is 13.0. The molecular formula is C16H24N2O3. The molecule has 0 amide bonds. The summed E-state index contributed by atoms with van der Waals surface area (Å²) in [6.07, 6.45) is 0. The lowest BCUT2D eigenvalue weighted by molar-refractivity contribution is 0.0697. The van der Waals surface area contributed by atoms with Gasteiger partial charge in [-0.1, -0.05) is 6.92 Å². The maximum atomic E-state index is 10.8. The number of likely N-dealkylation sites (tertiary alicyclic amines) is 1. The fourth-order valence-corrected chi connectivity index (χ4v) is 2.89. The van der Waals surface area contributed by atoms with Crippen LogP contribution in [0.4, 0.5) is 0 Å². The van der Waals surface area contributed by atoms with Crippen molar-refractivity contribution in [3.05, 3.63) is 29.8 Å². The summed E-state index contributed by atoms with van der Waals surface area (Å²) < 4.78 is 5.69. The molecule has 5 nitrogen and oxygen atoms in total. The van der Waals surface area contributed by atoms with Crippen molar-refractivity contribution in [3.63, 3.8) is 0 Å². The topological polar surface area (TPSA) is 53.0 Å². The highest BCUT2D eigenvalue weighted by atomic mass is 16.5. The van der Waals surface area contributed by atoms with Gasteiger partial charge in [0.2, 0.25) is 0 Å². The minimum Gasteiger partial charge on any atom is -0.492 e. The lowest BCUT2D eigenvalue weighted by atomic mass is 10.1. The molecule has 0 aromatic heterocycles. The first kappa shape index (κ1) is 15.8. The van der Waals surface area contributed by atoms with Gasteiger partial charge in [-0.05, 0) is 44.3 Å². The third-order valence-electron chi connectivity index (χ3n) is 4.09. The summed E-state index contributed by atoms with van der Waals surface area (Å²) in [7, 11) is 4.26. The van der Waals surface area contributed by atoms with Crippen molar-refractivity contribution in [2.24, 2.45) is 5.92 Å². The molecule has 2 rings (SSSR count). The van der Waals surface area contributed by atoms with E-state index in [0.717, 1.165) is 25.4 Å². The van der Waals surface area contributed by atoms with Gasteiger partial charge in [0.25, 0.3) is 0 Å². The number of carboxylic acids is 1. The highest BCUT2D eigenvalue weighted by molar-refractivity contribution is 5.87. The van der Waals surface area contributed by atoms with Crippen molar-refractivity contribution in [2.75, 3.05) is 40.3 Å². The van der Waals surface area contributed by atoms with Gasteiger partial charge in [0, 0.05) is 25.7 Å². The van der Waals surface area contributed by atoms with Crippen LogP contribution in [0.5, 0.6) is 5.75 Å². The van der Waals surface area contributed by atoms with E-state index in [2.05, 4.69) is 30.8 Å². The highest BCUT2D eigenvalue weighted by Gasteiger charge is 2.30. The summed E-state index contributed by atoms with van der Waals surface area (Å²) in [5.74, 6) is 0.480. The van der Waals surface area contributed by atoms with E-state index < -0.39 is 5.97 Å². The number of rotatable bonds is 6. The first-order chi connectivity index (χ1) is 9.97. The van der Waals surface area contributed by atoms with E-state index in [-0.39, 0.29) is 5.56 Å². The van der Waals surface area contributed by atoms with E-state index in [1.165, 1.54) is 0 Å². The van der Waals surface area contributed by atoms with Crippen molar-refractivity contribution in [1.82, 2.24) is 9.80 Å². The van der Waals surface area contributed by atoms with Crippen molar-refractivity contribution in [1.29, 1.82) is 0 Å². The Hall–Kier alpha value is -1.59. The zero-order chi connectivity index (χ0) is 15.4. The standard InChI is InChI=1S/C16H24N2O3/c1-12-10-18(11-15(12)17(2)3)8-9-21-14-6-4-13(5-7-14)16(19)20/h4-7,12,15H,8-11H2,1-3H3,(H,19,20). The van der Waals surface area contributed by atoms with Crippen LogP contribution in [-0.2, 0) is 0 Å². The molecule has 0 spiro atoms. The van der Waals surface area contributed by atoms with E-state index in [9.17, 15) is 4.79 Å². The van der Waals surface area contributed by atoms with Crippen molar-refractivity contribution >= 4 is 5.97 Å². The molecule has 1 aliphatic rings. The van der Waals surface area contributed by atoms with Gasteiger partial charge in [-0.25, -0.2) is 4.79 Å².